The highest BCUT2D eigenvalue weighted by Crippen LogP contribution is 2.62. The molecular formula is C36H28N2O4. The molecule has 4 aromatic carbocycles. The zero-order valence-electron chi connectivity index (χ0n) is 22.8. The van der Waals surface area contributed by atoms with Crippen LogP contribution in [0, 0.1) is 5.92 Å². The minimum absolute atomic E-state index is 0.212. The molecule has 1 fully saturated rings. The minimum atomic E-state index is -1.37. The fourth-order valence-electron chi connectivity index (χ4n) is 7.01. The van der Waals surface area contributed by atoms with Gasteiger partial charge in [0.1, 0.15) is 23.8 Å². The second-order valence-corrected chi connectivity index (χ2v) is 10.8. The fourth-order valence-corrected chi connectivity index (χ4v) is 7.01. The van der Waals surface area contributed by atoms with Crippen LogP contribution in [-0.4, -0.2) is 35.0 Å². The number of nitrogens with zero attached hydrogens (tertiary/aromatic N) is 1. The normalized spacial score (nSPS) is 23.1. The molecule has 0 unspecified atom stereocenters. The molecule has 4 aromatic rings. The Morgan fingerprint density at radius 1 is 0.881 bits per heavy atom. The van der Waals surface area contributed by atoms with E-state index >= 15 is 0 Å². The fraction of sp³-hybridized carbons (Fsp3) is 0.139. The number of rotatable bonds is 7. The number of anilines is 1. The first-order valence-corrected chi connectivity index (χ1v) is 14.0. The third kappa shape index (κ3) is 3.68. The molecule has 0 bridgehead atoms. The van der Waals surface area contributed by atoms with Crippen LogP contribution in [0.25, 0.3) is 6.08 Å². The first-order valence-electron chi connectivity index (χ1n) is 14.0. The average molecular weight is 553 g/mol. The Morgan fingerprint density at radius 2 is 1.62 bits per heavy atom. The van der Waals surface area contributed by atoms with Gasteiger partial charge in [0.2, 0.25) is 5.91 Å². The Hall–Kier alpha value is -5.23. The van der Waals surface area contributed by atoms with Gasteiger partial charge >= 0.3 is 0 Å². The van der Waals surface area contributed by atoms with E-state index in [9.17, 15) is 14.4 Å². The molecule has 6 heteroatoms. The number of para-hydroxylation sites is 1. The van der Waals surface area contributed by atoms with E-state index in [0.717, 1.165) is 16.7 Å². The highest BCUT2D eigenvalue weighted by Gasteiger charge is 2.70. The van der Waals surface area contributed by atoms with E-state index in [1.54, 1.807) is 42.5 Å². The molecular weight excluding hydrogens is 524 g/mol. The average Bonchev–Trinajstić information content (AvgIpc) is 3.52. The van der Waals surface area contributed by atoms with Crippen molar-refractivity contribution in [3.05, 3.63) is 150 Å². The topological polar surface area (TPSA) is 75.7 Å². The number of fused-ring (bicyclic) bond motifs is 6. The predicted molar refractivity (Wildman–Crippen MR) is 161 cm³/mol. The summed E-state index contributed by atoms with van der Waals surface area (Å²) in [4.78, 5) is 45.9. The van der Waals surface area contributed by atoms with Crippen molar-refractivity contribution in [2.75, 3.05) is 11.9 Å². The SMILES string of the molecule is C=CCOc1cccc(C(=O)[C@H]2[C@H](C(=O)c3ccccc3)N3C=Cc4ccccc4[C@@H]3[C@]23C(=O)Nc2ccccc23)c1. The Balaban J connectivity index is 1.50. The summed E-state index contributed by atoms with van der Waals surface area (Å²) in [5.74, 6) is -1.32. The molecule has 1 saturated heterocycles. The van der Waals surface area contributed by atoms with Crippen molar-refractivity contribution in [2.45, 2.75) is 17.5 Å². The van der Waals surface area contributed by atoms with E-state index in [2.05, 4.69) is 11.9 Å². The second kappa shape index (κ2) is 10.00. The van der Waals surface area contributed by atoms with Crippen molar-refractivity contribution in [1.82, 2.24) is 4.90 Å². The lowest BCUT2D eigenvalue weighted by molar-refractivity contribution is -0.122. The van der Waals surface area contributed by atoms with Gasteiger partial charge in [-0.15, -0.1) is 0 Å². The van der Waals surface area contributed by atoms with Crippen LogP contribution >= 0.6 is 0 Å². The molecule has 42 heavy (non-hydrogen) atoms. The third-order valence-electron chi connectivity index (χ3n) is 8.67. The maximum absolute atomic E-state index is 14.9. The lowest BCUT2D eigenvalue weighted by atomic mass is 9.62. The number of Topliss-reactive ketones (excluding diaryl/α,β-unsaturated/α-hetero) is 2. The molecule has 7 rings (SSSR count). The molecule has 0 aliphatic carbocycles. The van der Waals surface area contributed by atoms with Crippen LogP contribution in [-0.2, 0) is 10.2 Å². The minimum Gasteiger partial charge on any atom is -0.490 e. The van der Waals surface area contributed by atoms with Crippen LogP contribution < -0.4 is 10.1 Å². The first-order chi connectivity index (χ1) is 20.6. The van der Waals surface area contributed by atoms with Crippen molar-refractivity contribution in [1.29, 1.82) is 0 Å². The van der Waals surface area contributed by atoms with Crippen molar-refractivity contribution in [3.8, 4) is 5.75 Å². The molecule has 4 atom stereocenters. The largest absolute Gasteiger partial charge is 0.490 e. The van der Waals surface area contributed by atoms with Gasteiger partial charge in [-0.2, -0.15) is 0 Å². The number of hydrogen-bond donors (Lipinski definition) is 1. The summed E-state index contributed by atoms with van der Waals surface area (Å²) in [5.41, 5.74) is 2.71. The lowest BCUT2D eigenvalue weighted by Gasteiger charge is -2.38. The Kier molecular flexibility index (Phi) is 6.12. The first kappa shape index (κ1) is 25.7. The standard InChI is InChI=1S/C36H28N2O4/c1-2-21-42-26-15-10-14-25(22-26)32(39)30-31(33(40)24-12-4-3-5-13-24)38-20-19-23-11-6-7-16-27(23)34(38)36(30)28-17-8-9-18-29(28)37-35(36)41/h2-20,22,30-31,34H,1,21H2,(H,37,41)/t30-,31-,34-,36-/m1/s1. The molecule has 3 aliphatic heterocycles. The summed E-state index contributed by atoms with van der Waals surface area (Å²) in [6.07, 6.45) is 5.47. The van der Waals surface area contributed by atoms with Crippen LogP contribution in [0.15, 0.2) is 122 Å². The van der Waals surface area contributed by atoms with Gasteiger partial charge in [0.15, 0.2) is 11.6 Å². The maximum Gasteiger partial charge on any atom is 0.238 e. The predicted octanol–water partition coefficient (Wildman–Crippen LogP) is 6.23. The van der Waals surface area contributed by atoms with Gasteiger partial charge in [-0.3, -0.25) is 14.4 Å². The van der Waals surface area contributed by atoms with E-state index in [-0.39, 0.29) is 24.1 Å². The number of ether oxygens (including phenoxy) is 1. The number of amides is 1. The molecule has 6 nitrogen and oxygen atoms in total. The summed E-state index contributed by atoms with van der Waals surface area (Å²) >= 11 is 0. The van der Waals surface area contributed by atoms with Crippen LogP contribution in [0.5, 0.6) is 5.75 Å². The van der Waals surface area contributed by atoms with E-state index in [0.29, 0.717) is 22.6 Å². The number of carbonyl (C=O) groups is 3. The summed E-state index contributed by atoms with van der Waals surface area (Å²) in [6.45, 7) is 3.99. The summed E-state index contributed by atoms with van der Waals surface area (Å²) in [7, 11) is 0. The van der Waals surface area contributed by atoms with E-state index in [4.69, 9.17) is 4.74 Å². The van der Waals surface area contributed by atoms with Gasteiger partial charge in [-0.05, 0) is 41.0 Å². The molecule has 3 heterocycles. The van der Waals surface area contributed by atoms with E-state index in [1.807, 2.05) is 83.9 Å². The Morgan fingerprint density at radius 3 is 2.45 bits per heavy atom. The zero-order chi connectivity index (χ0) is 28.8. The molecule has 0 aromatic heterocycles. The van der Waals surface area contributed by atoms with E-state index < -0.39 is 23.4 Å². The van der Waals surface area contributed by atoms with Crippen molar-refractivity contribution in [2.24, 2.45) is 5.92 Å². The number of ketones is 2. The maximum atomic E-state index is 14.9. The van der Waals surface area contributed by atoms with Crippen molar-refractivity contribution in [3.63, 3.8) is 0 Å². The number of hydrogen-bond acceptors (Lipinski definition) is 5. The van der Waals surface area contributed by atoms with Crippen LogP contribution in [0.1, 0.15) is 43.4 Å². The Bertz CT molecular complexity index is 1780. The van der Waals surface area contributed by atoms with Crippen LogP contribution in [0.3, 0.4) is 0 Å². The van der Waals surface area contributed by atoms with Crippen molar-refractivity contribution >= 4 is 29.2 Å². The van der Waals surface area contributed by atoms with Gasteiger partial charge in [0.05, 0.1) is 12.0 Å². The third-order valence-corrected chi connectivity index (χ3v) is 8.67. The quantitative estimate of drug-likeness (QED) is 0.217. The van der Waals surface area contributed by atoms with Gasteiger partial charge in [0, 0.05) is 23.0 Å². The Labute approximate surface area is 243 Å². The molecule has 3 aliphatic rings. The summed E-state index contributed by atoms with van der Waals surface area (Å²) in [6, 6.07) is 29.8. The van der Waals surface area contributed by atoms with E-state index in [1.165, 1.54) is 0 Å². The monoisotopic (exact) mass is 552 g/mol. The number of carbonyl (C=O) groups excluding carboxylic acids is 3. The zero-order valence-corrected chi connectivity index (χ0v) is 22.8. The molecule has 1 amide bonds. The number of nitrogens with one attached hydrogen (secondary N) is 1. The number of benzene rings is 4. The molecule has 0 saturated carbocycles. The molecule has 1 spiro atoms. The highest BCUT2D eigenvalue weighted by atomic mass is 16.5. The molecule has 1 N–H and O–H groups in total. The second-order valence-electron chi connectivity index (χ2n) is 10.8. The smallest absolute Gasteiger partial charge is 0.238 e. The summed E-state index contributed by atoms with van der Waals surface area (Å²) < 4.78 is 5.75. The van der Waals surface area contributed by atoms with Crippen molar-refractivity contribution < 1.29 is 19.1 Å². The van der Waals surface area contributed by atoms with Gasteiger partial charge < -0.3 is 15.0 Å². The van der Waals surface area contributed by atoms with Gasteiger partial charge in [-0.25, -0.2) is 0 Å². The summed E-state index contributed by atoms with van der Waals surface area (Å²) in [5, 5.41) is 3.08. The highest BCUT2D eigenvalue weighted by molar-refractivity contribution is 6.16. The molecule has 0 radical (unpaired) electrons. The van der Waals surface area contributed by atoms with Gasteiger partial charge in [-0.1, -0.05) is 97.6 Å². The lowest BCUT2D eigenvalue weighted by Crippen LogP contribution is -2.49. The molecule has 206 valence electrons. The van der Waals surface area contributed by atoms with Crippen LogP contribution in [0.2, 0.25) is 0 Å². The van der Waals surface area contributed by atoms with Gasteiger partial charge in [0.25, 0.3) is 0 Å². The van der Waals surface area contributed by atoms with Crippen LogP contribution in [0.4, 0.5) is 5.69 Å².